The van der Waals surface area contributed by atoms with Crippen molar-refractivity contribution in [2.24, 2.45) is 5.14 Å². The van der Waals surface area contributed by atoms with Crippen LogP contribution in [0.15, 0.2) is 35.2 Å². The molecule has 0 bridgehead atoms. The van der Waals surface area contributed by atoms with Gasteiger partial charge in [0.25, 0.3) is 0 Å². The minimum absolute atomic E-state index is 0.0164. The molecule has 1 aliphatic heterocycles. The molecule has 0 saturated carbocycles. The van der Waals surface area contributed by atoms with Crippen molar-refractivity contribution in [3.05, 3.63) is 30.3 Å². The first-order valence-electron chi connectivity index (χ1n) is 7.25. The van der Waals surface area contributed by atoms with Gasteiger partial charge in [-0.05, 0) is 43.8 Å². The lowest BCUT2D eigenvalue weighted by molar-refractivity contribution is -0.135. The third kappa shape index (κ3) is 7.29. The van der Waals surface area contributed by atoms with Crippen LogP contribution in [0.25, 0.3) is 0 Å². The molecule has 1 aromatic rings. The van der Waals surface area contributed by atoms with Crippen molar-refractivity contribution in [1.29, 1.82) is 0 Å². The van der Waals surface area contributed by atoms with Gasteiger partial charge in [0.1, 0.15) is 0 Å². The largest absolute Gasteiger partial charge is 0.333 e. The second-order valence-electron chi connectivity index (χ2n) is 4.41. The second-order valence-corrected chi connectivity index (χ2v) is 5.12. The highest BCUT2D eigenvalue weighted by Crippen LogP contribution is 2.17. The summed E-state index contributed by atoms with van der Waals surface area (Å²) in [4.78, 5) is 24.7. The standard InChI is InChI=1S/C8H13NO2.C6H7NS.C2H6/c1-6(10)8-4-3-5-9(8)7(2)11;7-8-6-4-2-1-3-5-6;1-2/h8H,3-5H2,1-2H3;1-5H,7H2;1-2H3. The van der Waals surface area contributed by atoms with E-state index in [-0.39, 0.29) is 17.7 Å². The summed E-state index contributed by atoms with van der Waals surface area (Å²) >= 11 is 1.27. The molecular weight excluding hydrogens is 284 g/mol. The molecule has 1 atom stereocenters. The SMILES string of the molecule is CC.CC(=O)C1CCCN1C(C)=O.NSc1ccccc1. The Bertz CT molecular complexity index is 404. The van der Waals surface area contributed by atoms with Gasteiger partial charge in [0.05, 0.1) is 6.04 Å². The fourth-order valence-electron chi connectivity index (χ4n) is 2.07. The fraction of sp³-hybridized carbons (Fsp3) is 0.500. The van der Waals surface area contributed by atoms with Crippen molar-refractivity contribution >= 4 is 23.6 Å². The van der Waals surface area contributed by atoms with Crippen molar-refractivity contribution < 1.29 is 9.59 Å². The quantitative estimate of drug-likeness (QED) is 0.852. The van der Waals surface area contributed by atoms with E-state index >= 15 is 0 Å². The first-order valence-corrected chi connectivity index (χ1v) is 8.13. The van der Waals surface area contributed by atoms with Crippen LogP contribution in [0.3, 0.4) is 0 Å². The Morgan fingerprint density at radius 2 is 1.76 bits per heavy atom. The third-order valence-corrected chi connectivity index (χ3v) is 3.55. The topological polar surface area (TPSA) is 63.4 Å². The smallest absolute Gasteiger partial charge is 0.220 e. The van der Waals surface area contributed by atoms with E-state index in [2.05, 4.69) is 0 Å². The lowest BCUT2D eigenvalue weighted by Crippen LogP contribution is -2.37. The zero-order valence-electron chi connectivity index (χ0n) is 13.3. The summed E-state index contributed by atoms with van der Waals surface area (Å²) in [5.41, 5.74) is 0. The van der Waals surface area contributed by atoms with Crippen LogP contribution in [-0.2, 0) is 9.59 Å². The van der Waals surface area contributed by atoms with Crippen molar-refractivity contribution in [3.8, 4) is 0 Å². The monoisotopic (exact) mass is 310 g/mol. The number of hydrogen-bond acceptors (Lipinski definition) is 4. The number of rotatable bonds is 2. The van der Waals surface area contributed by atoms with Crippen molar-refractivity contribution in [3.63, 3.8) is 0 Å². The molecule has 0 aliphatic carbocycles. The van der Waals surface area contributed by atoms with E-state index in [9.17, 15) is 9.59 Å². The molecule has 1 unspecified atom stereocenters. The van der Waals surface area contributed by atoms with Crippen LogP contribution in [0.4, 0.5) is 0 Å². The van der Waals surface area contributed by atoms with Gasteiger partial charge < -0.3 is 4.90 Å². The van der Waals surface area contributed by atoms with Crippen LogP contribution in [0.2, 0.25) is 0 Å². The molecule has 4 nitrogen and oxygen atoms in total. The Kier molecular flexibility index (Phi) is 10.6. The first kappa shape index (κ1) is 19.7. The van der Waals surface area contributed by atoms with E-state index in [0.29, 0.717) is 0 Å². The molecule has 1 aromatic carbocycles. The summed E-state index contributed by atoms with van der Waals surface area (Å²) in [5, 5.41) is 5.27. The molecule has 1 fully saturated rings. The Labute approximate surface area is 132 Å². The maximum absolute atomic E-state index is 11.0. The van der Waals surface area contributed by atoms with Gasteiger partial charge >= 0.3 is 0 Å². The van der Waals surface area contributed by atoms with E-state index < -0.39 is 0 Å². The highest BCUT2D eigenvalue weighted by molar-refractivity contribution is 7.97. The number of nitrogens with zero attached hydrogens (tertiary/aromatic N) is 1. The van der Waals surface area contributed by atoms with E-state index in [0.717, 1.165) is 24.3 Å². The first-order chi connectivity index (χ1) is 10.1. The van der Waals surface area contributed by atoms with E-state index in [1.807, 2.05) is 44.2 Å². The van der Waals surface area contributed by atoms with Gasteiger partial charge in [0.2, 0.25) is 5.91 Å². The molecule has 1 amide bonds. The molecular formula is C16H26N2O2S. The van der Waals surface area contributed by atoms with Gasteiger partial charge in [-0.3, -0.25) is 14.7 Å². The van der Waals surface area contributed by atoms with Gasteiger partial charge in [-0.15, -0.1) is 0 Å². The molecule has 1 heterocycles. The zero-order chi connectivity index (χ0) is 16.3. The maximum Gasteiger partial charge on any atom is 0.220 e. The van der Waals surface area contributed by atoms with Crippen LogP contribution in [0.5, 0.6) is 0 Å². The number of carbonyl (C=O) groups excluding carboxylic acids is 2. The molecule has 0 spiro atoms. The average Bonchev–Trinajstić information content (AvgIpc) is 3.01. The molecule has 2 N–H and O–H groups in total. The average molecular weight is 310 g/mol. The lowest BCUT2D eigenvalue weighted by atomic mass is 10.1. The summed E-state index contributed by atoms with van der Waals surface area (Å²) in [7, 11) is 0. The molecule has 1 saturated heterocycles. The maximum atomic E-state index is 11.0. The van der Waals surface area contributed by atoms with E-state index in [1.165, 1.54) is 18.9 Å². The molecule has 0 aromatic heterocycles. The van der Waals surface area contributed by atoms with Gasteiger partial charge in [0, 0.05) is 18.4 Å². The number of amides is 1. The van der Waals surface area contributed by atoms with E-state index in [1.54, 1.807) is 11.8 Å². The summed E-state index contributed by atoms with van der Waals surface area (Å²) in [5.74, 6) is 0.125. The minimum atomic E-state index is -0.132. The van der Waals surface area contributed by atoms with Crippen LogP contribution in [0.1, 0.15) is 40.5 Å². The molecule has 2 rings (SSSR count). The Morgan fingerprint density at radius 3 is 2.10 bits per heavy atom. The molecule has 5 heteroatoms. The van der Waals surface area contributed by atoms with Crippen LogP contribution >= 0.6 is 11.9 Å². The second kappa shape index (κ2) is 11.3. The van der Waals surface area contributed by atoms with Gasteiger partial charge in [0.15, 0.2) is 5.78 Å². The number of likely N-dealkylation sites (tertiary alicyclic amines) is 1. The van der Waals surface area contributed by atoms with Crippen LogP contribution < -0.4 is 5.14 Å². The molecule has 21 heavy (non-hydrogen) atoms. The highest BCUT2D eigenvalue weighted by Gasteiger charge is 2.29. The Balaban J connectivity index is 0.000000354. The lowest BCUT2D eigenvalue weighted by Gasteiger charge is -2.20. The highest BCUT2D eigenvalue weighted by atomic mass is 32.2. The van der Waals surface area contributed by atoms with Crippen molar-refractivity contribution in [2.45, 2.75) is 51.5 Å². The number of nitrogens with two attached hydrogens (primary N) is 1. The predicted molar refractivity (Wildman–Crippen MR) is 88.9 cm³/mol. The van der Waals surface area contributed by atoms with Crippen molar-refractivity contribution in [1.82, 2.24) is 4.90 Å². The predicted octanol–water partition coefficient (Wildman–Crippen LogP) is 3.26. The van der Waals surface area contributed by atoms with E-state index in [4.69, 9.17) is 5.14 Å². The van der Waals surface area contributed by atoms with Crippen LogP contribution in [0, 0.1) is 0 Å². The summed E-state index contributed by atoms with van der Waals surface area (Å²) < 4.78 is 0. The number of Topliss-reactive ketones (excluding diaryl/α,β-unsaturated/α-hetero) is 1. The van der Waals surface area contributed by atoms with Gasteiger partial charge in [-0.2, -0.15) is 0 Å². The Hall–Kier alpha value is -1.33. The van der Waals surface area contributed by atoms with Gasteiger partial charge in [-0.25, -0.2) is 0 Å². The number of carbonyl (C=O) groups is 2. The Morgan fingerprint density at radius 1 is 1.19 bits per heavy atom. The van der Waals surface area contributed by atoms with Gasteiger partial charge in [-0.1, -0.05) is 32.0 Å². The number of hydrogen-bond donors (Lipinski definition) is 1. The normalized spacial score (nSPS) is 16.2. The van der Waals surface area contributed by atoms with Crippen LogP contribution in [-0.4, -0.2) is 29.2 Å². The molecule has 1 aliphatic rings. The minimum Gasteiger partial charge on any atom is -0.333 e. The zero-order valence-corrected chi connectivity index (χ0v) is 14.2. The summed E-state index contributed by atoms with van der Waals surface area (Å²) in [6, 6.07) is 9.73. The molecule has 0 radical (unpaired) electrons. The number of ketones is 1. The third-order valence-electron chi connectivity index (χ3n) is 3.01. The van der Waals surface area contributed by atoms with Crippen molar-refractivity contribution in [2.75, 3.05) is 6.54 Å². The summed E-state index contributed by atoms with van der Waals surface area (Å²) in [6.07, 6.45) is 1.80. The molecule has 118 valence electrons. The fourth-order valence-corrected chi connectivity index (χ4v) is 2.38. The summed E-state index contributed by atoms with van der Waals surface area (Å²) in [6.45, 7) is 7.81. The number of benzene rings is 1.